The van der Waals surface area contributed by atoms with E-state index in [2.05, 4.69) is 12.1 Å². The van der Waals surface area contributed by atoms with E-state index in [4.69, 9.17) is 4.74 Å². The quantitative estimate of drug-likeness (QED) is 0.872. The largest absolute Gasteiger partial charge is 0.390 e. The summed E-state index contributed by atoms with van der Waals surface area (Å²) < 4.78 is 5.37. The Bertz CT molecular complexity index is 529. The van der Waals surface area contributed by atoms with Gasteiger partial charge in [-0.1, -0.05) is 36.8 Å². The molecule has 0 aromatic heterocycles. The summed E-state index contributed by atoms with van der Waals surface area (Å²) >= 11 is 0. The van der Waals surface area contributed by atoms with Gasteiger partial charge in [0.25, 0.3) is 0 Å². The van der Waals surface area contributed by atoms with Crippen molar-refractivity contribution in [1.82, 2.24) is 4.90 Å². The number of rotatable bonds is 6. The predicted molar refractivity (Wildman–Crippen MR) is 93.3 cm³/mol. The summed E-state index contributed by atoms with van der Waals surface area (Å²) in [6, 6.07) is 10.2. The highest BCUT2D eigenvalue weighted by atomic mass is 16.5. The third-order valence-corrected chi connectivity index (χ3v) is 5.64. The van der Waals surface area contributed by atoms with Crippen molar-refractivity contribution in [2.24, 2.45) is 11.8 Å². The smallest absolute Gasteiger partial charge is 0.226 e. The van der Waals surface area contributed by atoms with Crippen LogP contribution >= 0.6 is 0 Å². The third-order valence-electron chi connectivity index (χ3n) is 5.64. The van der Waals surface area contributed by atoms with E-state index in [1.54, 1.807) is 7.11 Å². The first-order valence-corrected chi connectivity index (χ1v) is 9.21. The molecule has 1 N–H and O–H groups in total. The fourth-order valence-corrected chi connectivity index (χ4v) is 3.87. The maximum atomic E-state index is 13.1. The van der Waals surface area contributed by atoms with E-state index in [-0.39, 0.29) is 17.9 Å². The maximum Gasteiger partial charge on any atom is 0.226 e. The number of carbonyl (C=O) groups excluding carboxylic acids is 1. The van der Waals surface area contributed by atoms with Crippen LogP contribution in [-0.4, -0.2) is 41.8 Å². The molecule has 1 aromatic carbocycles. The third kappa shape index (κ3) is 4.17. The second-order valence-corrected chi connectivity index (χ2v) is 7.35. The van der Waals surface area contributed by atoms with Crippen LogP contribution in [0.5, 0.6) is 0 Å². The van der Waals surface area contributed by atoms with Crippen molar-refractivity contribution in [2.75, 3.05) is 13.7 Å². The number of amides is 1. The lowest BCUT2D eigenvalue weighted by molar-refractivity contribution is -0.142. The van der Waals surface area contributed by atoms with Crippen molar-refractivity contribution in [1.29, 1.82) is 0 Å². The number of hydrogen-bond donors (Lipinski definition) is 1. The molecule has 2 aliphatic carbocycles. The van der Waals surface area contributed by atoms with Gasteiger partial charge in [0.05, 0.1) is 12.2 Å². The molecule has 0 unspecified atom stereocenters. The van der Waals surface area contributed by atoms with Crippen molar-refractivity contribution in [3.05, 3.63) is 35.9 Å². The zero-order chi connectivity index (χ0) is 16.9. The highest BCUT2D eigenvalue weighted by molar-refractivity contribution is 5.79. The van der Waals surface area contributed by atoms with Gasteiger partial charge in [-0.25, -0.2) is 0 Å². The van der Waals surface area contributed by atoms with Gasteiger partial charge in [-0.05, 0) is 43.6 Å². The minimum atomic E-state index is -0.437. The molecule has 3 rings (SSSR count). The SMILES string of the molecule is CO[C@@H]1C[C@H](C(=O)N(Cc2ccccc2)CC2CCC2)CC[C@@H]1O. The molecule has 4 nitrogen and oxygen atoms in total. The van der Waals surface area contributed by atoms with Crippen LogP contribution in [-0.2, 0) is 16.1 Å². The lowest BCUT2D eigenvalue weighted by Crippen LogP contribution is -2.45. The van der Waals surface area contributed by atoms with Crippen LogP contribution in [0.2, 0.25) is 0 Å². The number of methoxy groups -OCH3 is 1. The fourth-order valence-electron chi connectivity index (χ4n) is 3.87. The van der Waals surface area contributed by atoms with E-state index < -0.39 is 6.10 Å². The minimum absolute atomic E-state index is 0.0258. The number of benzene rings is 1. The second-order valence-electron chi connectivity index (χ2n) is 7.35. The number of hydrogen-bond acceptors (Lipinski definition) is 3. The standard InChI is InChI=1S/C20H29NO3/c1-24-19-12-17(10-11-18(19)22)20(23)21(14-16-8-5-9-16)13-15-6-3-2-4-7-15/h2-4,6-7,16-19,22H,5,8-14H2,1H3/t17-,18+,19-/m1/s1. The van der Waals surface area contributed by atoms with Crippen LogP contribution in [0.1, 0.15) is 44.1 Å². The molecular weight excluding hydrogens is 302 g/mol. The van der Waals surface area contributed by atoms with E-state index >= 15 is 0 Å². The molecule has 0 heterocycles. The normalized spacial score (nSPS) is 27.5. The van der Waals surface area contributed by atoms with E-state index in [1.165, 1.54) is 24.8 Å². The molecule has 0 saturated heterocycles. The van der Waals surface area contributed by atoms with Crippen LogP contribution in [0.15, 0.2) is 30.3 Å². The average molecular weight is 331 g/mol. The zero-order valence-electron chi connectivity index (χ0n) is 14.6. The summed E-state index contributed by atoms with van der Waals surface area (Å²) in [4.78, 5) is 15.2. The summed E-state index contributed by atoms with van der Waals surface area (Å²) in [5.41, 5.74) is 1.18. The molecule has 4 heteroatoms. The Labute approximate surface area is 144 Å². The summed E-state index contributed by atoms with van der Waals surface area (Å²) in [6.45, 7) is 1.55. The van der Waals surface area contributed by atoms with Crippen LogP contribution in [0.25, 0.3) is 0 Å². The summed E-state index contributed by atoms with van der Waals surface area (Å²) in [7, 11) is 1.62. The first-order valence-electron chi connectivity index (χ1n) is 9.21. The molecule has 0 radical (unpaired) electrons. The van der Waals surface area contributed by atoms with Crippen LogP contribution in [0.3, 0.4) is 0 Å². The second kappa shape index (κ2) is 8.13. The molecule has 1 amide bonds. The molecule has 0 spiro atoms. The van der Waals surface area contributed by atoms with E-state index in [1.807, 2.05) is 23.1 Å². The number of carbonyl (C=O) groups is 1. The van der Waals surface area contributed by atoms with Gasteiger partial charge in [-0.15, -0.1) is 0 Å². The topological polar surface area (TPSA) is 49.8 Å². The van der Waals surface area contributed by atoms with Crippen molar-refractivity contribution in [2.45, 2.75) is 57.3 Å². The molecular formula is C20H29NO3. The Morgan fingerprint density at radius 1 is 1.21 bits per heavy atom. The first-order chi connectivity index (χ1) is 11.7. The maximum absolute atomic E-state index is 13.1. The number of aliphatic hydroxyl groups excluding tert-OH is 1. The number of aliphatic hydroxyl groups is 1. The Morgan fingerprint density at radius 2 is 1.96 bits per heavy atom. The van der Waals surface area contributed by atoms with E-state index in [0.717, 1.165) is 13.0 Å². The van der Waals surface area contributed by atoms with E-state index in [9.17, 15) is 9.90 Å². The number of ether oxygens (including phenoxy) is 1. The predicted octanol–water partition coefficient (Wildman–Crippen LogP) is 2.99. The molecule has 132 valence electrons. The minimum Gasteiger partial charge on any atom is -0.390 e. The summed E-state index contributed by atoms with van der Waals surface area (Å²) in [6.07, 6.45) is 5.16. The van der Waals surface area contributed by atoms with Crippen molar-refractivity contribution < 1.29 is 14.6 Å². The lowest BCUT2D eigenvalue weighted by atomic mass is 9.82. The summed E-state index contributed by atoms with van der Waals surface area (Å²) in [5, 5.41) is 9.99. The monoisotopic (exact) mass is 331 g/mol. The van der Waals surface area contributed by atoms with Crippen LogP contribution in [0, 0.1) is 11.8 Å². The van der Waals surface area contributed by atoms with Crippen molar-refractivity contribution in [3.8, 4) is 0 Å². The molecule has 2 saturated carbocycles. The van der Waals surface area contributed by atoms with Gasteiger partial charge in [-0.2, -0.15) is 0 Å². The molecule has 0 aliphatic heterocycles. The van der Waals surface area contributed by atoms with Gasteiger partial charge in [-0.3, -0.25) is 4.79 Å². The average Bonchev–Trinajstić information content (AvgIpc) is 2.57. The Hall–Kier alpha value is -1.39. The molecule has 1 aromatic rings. The zero-order valence-corrected chi connectivity index (χ0v) is 14.6. The van der Waals surface area contributed by atoms with E-state index in [0.29, 0.717) is 25.3 Å². The van der Waals surface area contributed by atoms with Gasteiger partial charge < -0.3 is 14.7 Å². The highest BCUT2D eigenvalue weighted by Gasteiger charge is 2.36. The van der Waals surface area contributed by atoms with Gasteiger partial charge >= 0.3 is 0 Å². The summed E-state index contributed by atoms with van der Waals surface area (Å²) in [5.74, 6) is 0.868. The van der Waals surface area contributed by atoms with Gasteiger partial charge in [0.1, 0.15) is 0 Å². The fraction of sp³-hybridized carbons (Fsp3) is 0.650. The Balaban J connectivity index is 1.68. The number of nitrogens with zero attached hydrogens (tertiary/aromatic N) is 1. The molecule has 3 atom stereocenters. The molecule has 0 bridgehead atoms. The van der Waals surface area contributed by atoms with Crippen LogP contribution in [0.4, 0.5) is 0 Å². The van der Waals surface area contributed by atoms with Gasteiger partial charge in [0.2, 0.25) is 5.91 Å². The van der Waals surface area contributed by atoms with Crippen LogP contribution < -0.4 is 0 Å². The lowest BCUT2D eigenvalue weighted by Gasteiger charge is -2.37. The molecule has 24 heavy (non-hydrogen) atoms. The Morgan fingerprint density at radius 3 is 2.58 bits per heavy atom. The Kier molecular flexibility index (Phi) is 5.90. The van der Waals surface area contributed by atoms with Crippen molar-refractivity contribution in [3.63, 3.8) is 0 Å². The van der Waals surface area contributed by atoms with Gasteiger partial charge in [0.15, 0.2) is 0 Å². The molecule has 2 fully saturated rings. The van der Waals surface area contributed by atoms with Gasteiger partial charge in [0, 0.05) is 26.1 Å². The first kappa shape index (κ1) is 17.4. The van der Waals surface area contributed by atoms with Crippen molar-refractivity contribution >= 4 is 5.91 Å². The highest BCUT2D eigenvalue weighted by Crippen LogP contribution is 2.31. The molecule has 2 aliphatic rings.